The zero-order valence-electron chi connectivity index (χ0n) is 10.7. The molecule has 3 aromatic rings. The first-order valence-electron chi connectivity index (χ1n) is 5.94. The third-order valence-electron chi connectivity index (χ3n) is 2.78. The summed E-state index contributed by atoms with van der Waals surface area (Å²) in [7, 11) is 0. The third-order valence-corrected chi connectivity index (χ3v) is 2.78. The van der Waals surface area contributed by atoms with Crippen molar-refractivity contribution in [1.29, 1.82) is 0 Å². The number of benzene rings is 2. The van der Waals surface area contributed by atoms with Crippen LogP contribution in [0, 0.1) is 11.6 Å². The molecule has 1 N–H and O–H groups in total. The predicted octanol–water partition coefficient (Wildman–Crippen LogP) is 4.57. The van der Waals surface area contributed by atoms with Crippen LogP contribution in [0.25, 0.3) is 11.3 Å². The van der Waals surface area contributed by atoms with Crippen LogP contribution in [0.2, 0.25) is 0 Å². The van der Waals surface area contributed by atoms with Crippen molar-refractivity contribution in [2.24, 2.45) is 0 Å². The molecule has 2 aromatic carbocycles. The summed E-state index contributed by atoms with van der Waals surface area (Å²) in [4.78, 5) is 6.78. The van der Waals surface area contributed by atoms with Crippen LogP contribution in [-0.4, -0.2) is 9.97 Å². The average Bonchev–Trinajstić information content (AvgIpc) is 2.97. The quantitative estimate of drug-likeness (QED) is 0.769. The van der Waals surface area contributed by atoms with E-state index in [1.54, 1.807) is 12.3 Å². The van der Waals surface area contributed by atoms with Crippen LogP contribution in [0.3, 0.4) is 0 Å². The van der Waals surface area contributed by atoms with E-state index < -0.39 is 5.82 Å². The Morgan fingerprint density at radius 3 is 2.38 bits per heavy atom. The number of H-pyrrole nitrogens is 1. The highest BCUT2D eigenvalue weighted by atomic mass is 35.5. The molecule has 0 aliphatic rings. The highest BCUT2D eigenvalue weighted by molar-refractivity contribution is 5.85. The summed E-state index contributed by atoms with van der Waals surface area (Å²) < 4.78 is 32.1. The molecule has 0 amide bonds. The number of aromatic nitrogens is 2. The van der Waals surface area contributed by atoms with Crippen LogP contribution in [0.1, 0.15) is 0 Å². The van der Waals surface area contributed by atoms with Gasteiger partial charge in [0, 0.05) is 5.56 Å². The monoisotopic (exact) mass is 308 g/mol. The fraction of sp³-hybridized carbons (Fsp3) is 0. The van der Waals surface area contributed by atoms with Gasteiger partial charge in [0.25, 0.3) is 0 Å². The summed E-state index contributed by atoms with van der Waals surface area (Å²) in [5.41, 5.74) is 1.39. The van der Waals surface area contributed by atoms with Crippen molar-refractivity contribution >= 4 is 12.4 Å². The fourth-order valence-electron chi connectivity index (χ4n) is 1.79. The van der Waals surface area contributed by atoms with Gasteiger partial charge in [-0.25, -0.2) is 13.8 Å². The van der Waals surface area contributed by atoms with Gasteiger partial charge in [-0.1, -0.05) is 0 Å². The van der Waals surface area contributed by atoms with Gasteiger partial charge in [-0.15, -0.1) is 12.4 Å². The van der Waals surface area contributed by atoms with E-state index in [4.69, 9.17) is 4.74 Å². The Labute approximate surface area is 126 Å². The SMILES string of the molecule is Cl.Fc1ccc(Oc2ccc(-c3cnc[nH]3)cc2F)cc1. The molecule has 0 bridgehead atoms. The summed E-state index contributed by atoms with van der Waals surface area (Å²) >= 11 is 0. The van der Waals surface area contributed by atoms with Gasteiger partial charge < -0.3 is 9.72 Å². The Bertz CT molecular complexity index is 715. The number of imidazole rings is 1. The van der Waals surface area contributed by atoms with Crippen LogP contribution >= 0.6 is 12.4 Å². The Balaban J connectivity index is 0.00000161. The minimum Gasteiger partial charge on any atom is -0.454 e. The normalized spacial score (nSPS) is 10.0. The van der Waals surface area contributed by atoms with Crippen molar-refractivity contribution in [3.63, 3.8) is 0 Å². The molecule has 108 valence electrons. The van der Waals surface area contributed by atoms with Crippen molar-refractivity contribution in [3.8, 4) is 22.8 Å². The first-order chi connectivity index (χ1) is 9.72. The Morgan fingerprint density at radius 2 is 1.76 bits per heavy atom. The smallest absolute Gasteiger partial charge is 0.166 e. The molecule has 6 heteroatoms. The topological polar surface area (TPSA) is 37.9 Å². The van der Waals surface area contributed by atoms with E-state index >= 15 is 0 Å². The zero-order valence-corrected chi connectivity index (χ0v) is 11.5. The summed E-state index contributed by atoms with van der Waals surface area (Å²) in [5.74, 6) is -0.409. The minimum atomic E-state index is -0.499. The van der Waals surface area contributed by atoms with Crippen LogP contribution in [0.5, 0.6) is 11.5 Å². The molecule has 0 aliphatic carbocycles. The molecule has 1 heterocycles. The third kappa shape index (κ3) is 3.38. The average molecular weight is 309 g/mol. The highest BCUT2D eigenvalue weighted by Crippen LogP contribution is 2.28. The maximum absolute atomic E-state index is 14.0. The molecule has 0 radical (unpaired) electrons. The van der Waals surface area contributed by atoms with Crippen LogP contribution in [-0.2, 0) is 0 Å². The van der Waals surface area contributed by atoms with E-state index in [1.807, 2.05) is 0 Å². The second kappa shape index (κ2) is 6.37. The van der Waals surface area contributed by atoms with Gasteiger partial charge in [0.1, 0.15) is 11.6 Å². The summed E-state index contributed by atoms with van der Waals surface area (Å²) in [6, 6.07) is 9.99. The van der Waals surface area contributed by atoms with E-state index in [9.17, 15) is 8.78 Å². The number of aromatic amines is 1. The fourth-order valence-corrected chi connectivity index (χ4v) is 1.79. The molecular formula is C15H11ClF2N2O. The highest BCUT2D eigenvalue weighted by Gasteiger charge is 2.08. The van der Waals surface area contributed by atoms with Crippen molar-refractivity contribution in [3.05, 3.63) is 66.6 Å². The van der Waals surface area contributed by atoms with Gasteiger partial charge >= 0.3 is 0 Å². The Kier molecular flexibility index (Phi) is 4.55. The molecule has 0 atom stereocenters. The number of rotatable bonds is 3. The van der Waals surface area contributed by atoms with E-state index in [-0.39, 0.29) is 24.0 Å². The van der Waals surface area contributed by atoms with Crippen LogP contribution in [0.4, 0.5) is 8.78 Å². The maximum Gasteiger partial charge on any atom is 0.166 e. The van der Waals surface area contributed by atoms with Gasteiger partial charge in [-0.2, -0.15) is 0 Å². The molecule has 21 heavy (non-hydrogen) atoms. The first-order valence-corrected chi connectivity index (χ1v) is 5.94. The number of nitrogens with zero attached hydrogens (tertiary/aromatic N) is 1. The number of hydrogen-bond acceptors (Lipinski definition) is 2. The van der Waals surface area contributed by atoms with E-state index in [1.165, 1.54) is 42.7 Å². The molecule has 3 nitrogen and oxygen atoms in total. The minimum absolute atomic E-state index is 0. The van der Waals surface area contributed by atoms with E-state index in [0.29, 0.717) is 11.3 Å². The summed E-state index contributed by atoms with van der Waals surface area (Å²) in [6.45, 7) is 0. The van der Waals surface area contributed by atoms with E-state index in [2.05, 4.69) is 9.97 Å². The molecule has 0 saturated heterocycles. The standard InChI is InChI=1S/C15H10F2N2O.ClH/c16-11-2-4-12(5-3-11)20-15-6-1-10(7-13(15)17)14-8-18-9-19-14;/h1-9H,(H,18,19);1H. The first kappa shape index (κ1) is 15.0. The zero-order chi connectivity index (χ0) is 13.9. The Morgan fingerprint density at radius 1 is 1.00 bits per heavy atom. The predicted molar refractivity (Wildman–Crippen MR) is 77.7 cm³/mol. The lowest BCUT2D eigenvalue weighted by Gasteiger charge is -2.07. The van der Waals surface area contributed by atoms with E-state index in [0.717, 1.165) is 5.69 Å². The molecule has 1 aromatic heterocycles. The lowest BCUT2D eigenvalue weighted by Crippen LogP contribution is -1.89. The maximum atomic E-state index is 14.0. The van der Waals surface area contributed by atoms with Crippen LogP contribution < -0.4 is 4.74 Å². The molecule has 0 saturated carbocycles. The number of hydrogen-bond donors (Lipinski definition) is 1. The van der Waals surface area contributed by atoms with Crippen molar-refractivity contribution in [1.82, 2.24) is 9.97 Å². The lowest BCUT2D eigenvalue weighted by molar-refractivity contribution is 0.441. The second-order valence-corrected chi connectivity index (χ2v) is 4.17. The summed E-state index contributed by atoms with van der Waals surface area (Å²) in [5, 5.41) is 0. The molecule has 0 unspecified atom stereocenters. The molecule has 0 aliphatic heterocycles. The van der Waals surface area contributed by atoms with Gasteiger partial charge in [0.15, 0.2) is 11.6 Å². The molecular weight excluding hydrogens is 298 g/mol. The van der Waals surface area contributed by atoms with Crippen molar-refractivity contribution < 1.29 is 13.5 Å². The number of ether oxygens (including phenoxy) is 1. The largest absolute Gasteiger partial charge is 0.454 e. The lowest BCUT2D eigenvalue weighted by atomic mass is 10.1. The Hall–Kier alpha value is -2.40. The van der Waals surface area contributed by atoms with Gasteiger partial charge in [0.05, 0.1) is 18.2 Å². The van der Waals surface area contributed by atoms with Gasteiger partial charge in [0.2, 0.25) is 0 Å². The van der Waals surface area contributed by atoms with Gasteiger partial charge in [-0.3, -0.25) is 0 Å². The number of halogens is 3. The molecule has 0 spiro atoms. The molecule has 3 rings (SSSR count). The van der Waals surface area contributed by atoms with Crippen molar-refractivity contribution in [2.45, 2.75) is 0 Å². The van der Waals surface area contributed by atoms with Gasteiger partial charge in [-0.05, 0) is 42.5 Å². The number of nitrogens with one attached hydrogen (secondary N) is 1. The van der Waals surface area contributed by atoms with Crippen molar-refractivity contribution in [2.75, 3.05) is 0 Å². The van der Waals surface area contributed by atoms with Crippen LogP contribution in [0.15, 0.2) is 55.0 Å². The summed E-state index contributed by atoms with van der Waals surface area (Å²) in [6.07, 6.45) is 3.13. The molecule has 0 fully saturated rings. The second-order valence-electron chi connectivity index (χ2n) is 4.17.